The van der Waals surface area contributed by atoms with E-state index in [1.807, 2.05) is 25.1 Å². The van der Waals surface area contributed by atoms with Gasteiger partial charge in [-0.25, -0.2) is 9.48 Å². The molecule has 9 heteroatoms. The monoisotopic (exact) mass is 387 g/mol. The zero-order valence-electron chi connectivity index (χ0n) is 14.8. The van der Waals surface area contributed by atoms with Gasteiger partial charge in [-0.15, -0.1) is 0 Å². The van der Waals surface area contributed by atoms with Crippen LogP contribution in [0.5, 0.6) is 0 Å². The first-order chi connectivity index (χ1) is 12.8. The van der Waals surface area contributed by atoms with Gasteiger partial charge in [-0.3, -0.25) is 9.48 Å². The molecule has 0 fully saturated rings. The average Bonchev–Trinajstić information content (AvgIpc) is 3.21. The third kappa shape index (κ3) is 4.17. The molecule has 140 valence electrons. The van der Waals surface area contributed by atoms with Gasteiger partial charge in [0, 0.05) is 23.0 Å². The summed E-state index contributed by atoms with van der Waals surface area (Å²) in [7, 11) is 0. The normalized spacial score (nSPS) is 12.0. The van der Waals surface area contributed by atoms with Crippen molar-refractivity contribution in [1.29, 1.82) is 0 Å². The summed E-state index contributed by atoms with van der Waals surface area (Å²) in [6.45, 7) is 3.97. The molecular formula is C18H18ClN5O3. The van der Waals surface area contributed by atoms with Gasteiger partial charge in [-0.2, -0.15) is 10.2 Å². The molecule has 8 nitrogen and oxygen atoms in total. The van der Waals surface area contributed by atoms with E-state index in [9.17, 15) is 9.59 Å². The van der Waals surface area contributed by atoms with E-state index in [0.29, 0.717) is 17.4 Å². The van der Waals surface area contributed by atoms with Crippen LogP contribution in [-0.4, -0.2) is 36.5 Å². The fraction of sp³-hybridized carbons (Fsp3) is 0.222. The first-order valence-corrected chi connectivity index (χ1v) is 8.59. The maximum atomic E-state index is 12.5. The fourth-order valence-corrected chi connectivity index (χ4v) is 2.89. The molecule has 0 aliphatic rings. The van der Waals surface area contributed by atoms with Crippen LogP contribution < -0.4 is 5.32 Å². The number of nitrogens with one attached hydrogen (secondary N) is 1. The van der Waals surface area contributed by atoms with E-state index >= 15 is 0 Å². The SMILES string of the molecule is Cc1cc(NC(=O)C(C)n2nccc2C(=O)O)nn1Cc1cccc(Cl)c1. The van der Waals surface area contributed by atoms with Gasteiger partial charge in [0.25, 0.3) is 0 Å². The molecule has 1 aromatic carbocycles. The van der Waals surface area contributed by atoms with E-state index in [1.165, 1.54) is 12.3 Å². The van der Waals surface area contributed by atoms with Gasteiger partial charge in [-0.05, 0) is 37.6 Å². The van der Waals surface area contributed by atoms with E-state index in [-0.39, 0.29) is 5.69 Å². The van der Waals surface area contributed by atoms with Gasteiger partial charge in [0.05, 0.1) is 6.54 Å². The number of carboxylic acids is 1. The molecule has 1 amide bonds. The fourth-order valence-electron chi connectivity index (χ4n) is 2.67. The van der Waals surface area contributed by atoms with Crippen LogP contribution >= 0.6 is 11.6 Å². The van der Waals surface area contributed by atoms with E-state index < -0.39 is 17.9 Å². The van der Waals surface area contributed by atoms with Gasteiger partial charge in [0.1, 0.15) is 11.7 Å². The molecule has 0 bridgehead atoms. The predicted molar refractivity (Wildman–Crippen MR) is 100 cm³/mol. The second-order valence-corrected chi connectivity index (χ2v) is 6.53. The number of hydrogen-bond donors (Lipinski definition) is 2. The van der Waals surface area contributed by atoms with Crippen LogP contribution in [0.15, 0.2) is 42.6 Å². The van der Waals surface area contributed by atoms with Crippen LogP contribution in [0.25, 0.3) is 0 Å². The maximum absolute atomic E-state index is 12.5. The number of carboxylic acid groups (broad SMARTS) is 1. The summed E-state index contributed by atoms with van der Waals surface area (Å²) >= 11 is 6.01. The van der Waals surface area contributed by atoms with E-state index in [1.54, 1.807) is 23.7 Å². The number of carbonyl (C=O) groups excluding carboxylic acids is 1. The Bertz CT molecular complexity index is 995. The predicted octanol–water partition coefficient (Wildman–Crippen LogP) is 2.99. The molecule has 27 heavy (non-hydrogen) atoms. The number of benzene rings is 1. The van der Waals surface area contributed by atoms with Crippen molar-refractivity contribution in [3.8, 4) is 0 Å². The highest BCUT2D eigenvalue weighted by Crippen LogP contribution is 2.16. The summed E-state index contributed by atoms with van der Waals surface area (Å²) in [6.07, 6.45) is 1.34. The number of hydrogen-bond acceptors (Lipinski definition) is 4. The van der Waals surface area contributed by atoms with Gasteiger partial charge in [0.2, 0.25) is 5.91 Å². The highest BCUT2D eigenvalue weighted by Gasteiger charge is 2.22. The lowest BCUT2D eigenvalue weighted by atomic mass is 10.2. The molecule has 2 N–H and O–H groups in total. The summed E-state index contributed by atoms with van der Waals surface area (Å²) in [5.74, 6) is -1.17. The molecule has 2 aromatic heterocycles. The zero-order valence-corrected chi connectivity index (χ0v) is 15.5. The Morgan fingerprint density at radius 3 is 2.78 bits per heavy atom. The van der Waals surface area contributed by atoms with Crippen molar-refractivity contribution >= 4 is 29.3 Å². The second kappa shape index (κ2) is 7.63. The smallest absolute Gasteiger partial charge is 0.354 e. The molecule has 0 radical (unpaired) electrons. The highest BCUT2D eigenvalue weighted by molar-refractivity contribution is 6.30. The Morgan fingerprint density at radius 2 is 2.07 bits per heavy atom. The molecule has 2 heterocycles. The summed E-state index contributed by atoms with van der Waals surface area (Å²) < 4.78 is 2.91. The Labute approximate surface area is 160 Å². The number of aromatic nitrogens is 4. The quantitative estimate of drug-likeness (QED) is 0.677. The first kappa shape index (κ1) is 18.7. The molecule has 0 spiro atoms. The Hall–Kier alpha value is -3.13. The summed E-state index contributed by atoms with van der Waals surface area (Å²) in [6, 6.07) is 9.75. The molecule has 0 aliphatic carbocycles. The van der Waals surface area contributed by atoms with Crippen molar-refractivity contribution in [2.24, 2.45) is 0 Å². The molecule has 1 atom stereocenters. The number of nitrogens with zero attached hydrogens (tertiary/aromatic N) is 4. The lowest BCUT2D eigenvalue weighted by molar-refractivity contribution is -0.119. The van der Waals surface area contributed by atoms with Crippen molar-refractivity contribution in [2.75, 3.05) is 5.32 Å². The van der Waals surface area contributed by atoms with Crippen LogP contribution in [0.3, 0.4) is 0 Å². The molecule has 0 saturated carbocycles. The Balaban J connectivity index is 1.73. The van der Waals surface area contributed by atoms with Crippen LogP contribution in [-0.2, 0) is 11.3 Å². The average molecular weight is 388 g/mol. The third-order valence-corrected chi connectivity index (χ3v) is 4.32. The zero-order chi connectivity index (χ0) is 19.6. The van der Waals surface area contributed by atoms with Crippen LogP contribution in [0.4, 0.5) is 5.82 Å². The molecule has 0 aliphatic heterocycles. The van der Waals surface area contributed by atoms with Crippen LogP contribution in [0.1, 0.15) is 34.7 Å². The first-order valence-electron chi connectivity index (χ1n) is 8.21. The minimum Gasteiger partial charge on any atom is -0.477 e. The van der Waals surface area contributed by atoms with Crippen molar-refractivity contribution < 1.29 is 14.7 Å². The Kier molecular flexibility index (Phi) is 5.27. The number of anilines is 1. The number of rotatable bonds is 6. The number of aryl methyl sites for hydroxylation is 1. The number of halogens is 1. The molecular weight excluding hydrogens is 370 g/mol. The minimum atomic E-state index is -1.14. The van der Waals surface area contributed by atoms with Crippen molar-refractivity contribution in [1.82, 2.24) is 19.6 Å². The van der Waals surface area contributed by atoms with E-state index in [4.69, 9.17) is 16.7 Å². The van der Waals surface area contributed by atoms with Gasteiger partial charge < -0.3 is 10.4 Å². The van der Waals surface area contributed by atoms with Gasteiger partial charge >= 0.3 is 5.97 Å². The van der Waals surface area contributed by atoms with Crippen LogP contribution in [0.2, 0.25) is 5.02 Å². The second-order valence-electron chi connectivity index (χ2n) is 6.09. The minimum absolute atomic E-state index is 0.0553. The van der Waals surface area contributed by atoms with Crippen molar-refractivity contribution in [3.05, 3.63) is 64.6 Å². The van der Waals surface area contributed by atoms with Gasteiger partial charge in [-0.1, -0.05) is 23.7 Å². The lowest BCUT2D eigenvalue weighted by Gasteiger charge is -2.13. The lowest BCUT2D eigenvalue weighted by Crippen LogP contribution is -2.27. The summed E-state index contributed by atoms with van der Waals surface area (Å²) in [4.78, 5) is 23.7. The Morgan fingerprint density at radius 1 is 1.30 bits per heavy atom. The largest absolute Gasteiger partial charge is 0.477 e. The van der Waals surface area contributed by atoms with Crippen LogP contribution in [0, 0.1) is 6.92 Å². The van der Waals surface area contributed by atoms with E-state index in [2.05, 4.69) is 15.5 Å². The molecule has 3 rings (SSSR count). The third-order valence-electron chi connectivity index (χ3n) is 4.09. The van der Waals surface area contributed by atoms with Crippen molar-refractivity contribution in [2.45, 2.75) is 26.4 Å². The van der Waals surface area contributed by atoms with E-state index in [0.717, 1.165) is 15.9 Å². The summed E-state index contributed by atoms with van der Waals surface area (Å²) in [5.41, 5.74) is 1.80. The number of aromatic carboxylic acids is 1. The highest BCUT2D eigenvalue weighted by atomic mass is 35.5. The molecule has 1 unspecified atom stereocenters. The standard InChI is InChI=1S/C18H18ClN5O3/c1-11-8-16(22-23(11)10-13-4-3-5-14(19)9-13)21-17(25)12(2)24-15(18(26)27)6-7-20-24/h3-9,12H,10H2,1-2H3,(H,26,27)(H,21,22,25). The topological polar surface area (TPSA) is 102 Å². The van der Waals surface area contributed by atoms with Gasteiger partial charge in [0.15, 0.2) is 5.82 Å². The molecule has 0 saturated heterocycles. The maximum Gasteiger partial charge on any atom is 0.354 e. The molecule has 3 aromatic rings. The van der Waals surface area contributed by atoms with Crippen molar-refractivity contribution in [3.63, 3.8) is 0 Å². The summed E-state index contributed by atoms with van der Waals surface area (Å²) in [5, 5.41) is 20.8. The number of carbonyl (C=O) groups is 2. The number of amides is 1.